The highest BCUT2D eigenvalue weighted by molar-refractivity contribution is 5.93. The smallest absolute Gasteiger partial charge is 0.410 e. The van der Waals surface area contributed by atoms with Crippen LogP contribution in [0.2, 0.25) is 0 Å². The van der Waals surface area contributed by atoms with Gasteiger partial charge in [-0.2, -0.15) is 13.2 Å². The van der Waals surface area contributed by atoms with Gasteiger partial charge in [0.05, 0.1) is 6.54 Å². The number of pyridine rings is 1. The highest BCUT2D eigenvalue weighted by Crippen LogP contribution is 2.37. The molecular weight excluding hydrogens is 477 g/mol. The number of alkyl halides is 3. The van der Waals surface area contributed by atoms with E-state index in [0.717, 1.165) is 6.07 Å². The molecule has 35 heavy (non-hydrogen) atoms. The van der Waals surface area contributed by atoms with Gasteiger partial charge < -0.3 is 15.2 Å². The molecule has 1 atom stereocenters. The van der Waals surface area contributed by atoms with Gasteiger partial charge in [-0.25, -0.2) is 18.6 Å². The van der Waals surface area contributed by atoms with Crippen LogP contribution in [-0.2, 0) is 11.2 Å². The van der Waals surface area contributed by atoms with Crippen LogP contribution in [0.15, 0.2) is 24.3 Å². The van der Waals surface area contributed by atoms with Crippen LogP contribution in [0.25, 0.3) is 11.1 Å². The lowest BCUT2D eigenvalue weighted by atomic mass is 9.93. The van der Waals surface area contributed by atoms with Crippen LogP contribution in [0.1, 0.15) is 43.2 Å². The van der Waals surface area contributed by atoms with Gasteiger partial charge in [0.2, 0.25) is 5.88 Å². The van der Waals surface area contributed by atoms with Gasteiger partial charge in [-0.3, -0.25) is 9.69 Å². The van der Waals surface area contributed by atoms with E-state index in [9.17, 15) is 31.5 Å². The van der Waals surface area contributed by atoms with Gasteiger partial charge in [0.15, 0.2) is 0 Å². The third-order valence-corrected chi connectivity index (χ3v) is 5.00. The predicted molar refractivity (Wildman–Crippen MR) is 115 cm³/mol. The predicted octanol–water partition coefficient (Wildman–Crippen LogP) is 4.62. The first-order chi connectivity index (χ1) is 16.1. The Balaban J connectivity index is 1.93. The van der Waals surface area contributed by atoms with E-state index < -0.39 is 54.6 Å². The minimum atomic E-state index is -4.69. The summed E-state index contributed by atoms with van der Waals surface area (Å²) in [4.78, 5) is 28.7. The maximum atomic E-state index is 14.5. The summed E-state index contributed by atoms with van der Waals surface area (Å²) in [5.74, 6) is -2.77. The number of fused-ring (bicyclic) bond motifs is 1. The summed E-state index contributed by atoms with van der Waals surface area (Å²) < 4.78 is 78.1. The normalized spacial score (nSPS) is 15.7. The Morgan fingerprint density at radius 2 is 1.86 bits per heavy atom. The van der Waals surface area contributed by atoms with Crippen molar-refractivity contribution in [3.8, 4) is 17.0 Å². The van der Waals surface area contributed by atoms with Crippen molar-refractivity contribution in [1.82, 2.24) is 9.88 Å². The van der Waals surface area contributed by atoms with E-state index in [4.69, 9.17) is 15.2 Å². The molecule has 0 radical (unpaired) electrons. The number of primary amides is 1. The van der Waals surface area contributed by atoms with Crippen LogP contribution in [0.4, 0.5) is 26.7 Å². The molecule has 3 rings (SSSR count). The SMILES string of the molecule is CC(C)(C)OC(=O)N(C[C@H]1CCc2c(-c3ccc(F)cc3F)cc(C(N)=O)nc2O1)CC(F)(F)F. The monoisotopic (exact) mass is 501 g/mol. The van der Waals surface area contributed by atoms with Crippen LogP contribution in [0.5, 0.6) is 5.88 Å². The van der Waals surface area contributed by atoms with Crippen LogP contribution in [-0.4, -0.2) is 52.9 Å². The maximum absolute atomic E-state index is 14.5. The first kappa shape index (κ1) is 26.2. The number of carbonyl (C=O) groups excluding carboxylic acids is 2. The van der Waals surface area contributed by atoms with E-state index in [0.29, 0.717) is 16.5 Å². The first-order valence-electron chi connectivity index (χ1n) is 10.6. The number of hydrogen-bond acceptors (Lipinski definition) is 5. The van der Waals surface area contributed by atoms with Crippen molar-refractivity contribution in [2.75, 3.05) is 13.1 Å². The molecular formula is C23H24F5N3O4. The Bertz CT molecular complexity index is 1130. The Morgan fingerprint density at radius 3 is 2.43 bits per heavy atom. The molecule has 2 aromatic rings. The molecule has 0 saturated heterocycles. The van der Waals surface area contributed by atoms with Crippen molar-refractivity contribution in [1.29, 1.82) is 0 Å². The second-order valence-corrected chi connectivity index (χ2v) is 9.08. The number of hydrogen-bond donors (Lipinski definition) is 1. The average molecular weight is 501 g/mol. The quantitative estimate of drug-likeness (QED) is 0.604. The molecule has 0 bridgehead atoms. The van der Waals surface area contributed by atoms with E-state index >= 15 is 0 Å². The molecule has 12 heteroatoms. The van der Waals surface area contributed by atoms with Crippen molar-refractivity contribution in [2.24, 2.45) is 5.73 Å². The number of nitrogens with zero attached hydrogens (tertiary/aromatic N) is 2. The molecule has 0 unspecified atom stereocenters. The molecule has 2 heterocycles. The molecule has 1 aromatic heterocycles. The van der Waals surface area contributed by atoms with Crippen LogP contribution >= 0.6 is 0 Å². The molecule has 1 aliphatic rings. The van der Waals surface area contributed by atoms with Crippen LogP contribution in [0.3, 0.4) is 0 Å². The van der Waals surface area contributed by atoms with Gasteiger partial charge in [-0.1, -0.05) is 0 Å². The minimum absolute atomic E-state index is 0.0259. The summed E-state index contributed by atoms with van der Waals surface area (Å²) >= 11 is 0. The molecule has 0 fully saturated rings. The molecule has 2 amide bonds. The molecule has 2 N–H and O–H groups in total. The lowest BCUT2D eigenvalue weighted by Crippen LogP contribution is -2.47. The fraction of sp³-hybridized carbons (Fsp3) is 0.435. The average Bonchev–Trinajstić information content (AvgIpc) is 2.70. The summed E-state index contributed by atoms with van der Waals surface area (Å²) in [7, 11) is 0. The van der Waals surface area contributed by atoms with Crippen LogP contribution in [0, 0.1) is 11.6 Å². The molecule has 190 valence electrons. The van der Waals surface area contributed by atoms with Crippen molar-refractivity contribution in [2.45, 2.75) is 51.5 Å². The summed E-state index contributed by atoms with van der Waals surface area (Å²) in [6.45, 7) is 2.53. The Kier molecular flexibility index (Phi) is 7.23. The van der Waals surface area contributed by atoms with Crippen molar-refractivity contribution >= 4 is 12.0 Å². The zero-order chi connectivity index (χ0) is 26.1. The zero-order valence-electron chi connectivity index (χ0n) is 19.2. The van der Waals surface area contributed by atoms with Gasteiger partial charge in [0, 0.05) is 17.2 Å². The molecule has 0 saturated carbocycles. The highest BCUT2D eigenvalue weighted by atomic mass is 19.4. The second-order valence-electron chi connectivity index (χ2n) is 9.08. The summed E-state index contributed by atoms with van der Waals surface area (Å²) in [5, 5.41) is 0. The van der Waals surface area contributed by atoms with E-state index in [1.54, 1.807) is 0 Å². The second kappa shape index (κ2) is 9.67. The highest BCUT2D eigenvalue weighted by Gasteiger charge is 2.37. The van der Waals surface area contributed by atoms with E-state index in [1.165, 1.54) is 32.9 Å². The van der Waals surface area contributed by atoms with E-state index in [1.807, 2.05) is 0 Å². The molecule has 0 spiro atoms. The summed E-state index contributed by atoms with van der Waals surface area (Å²) in [5.41, 5.74) is 4.58. The van der Waals surface area contributed by atoms with E-state index in [-0.39, 0.29) is 35.5 Å². The number of rotatable bonds is 5. The van der Waals surface area contributed by atoms with Crippen molar-refractivity contribution in [3.05, 3.63) is 47.2 Å². The lowest BCUT2D eigenvalue weighted by molar-refractivity contribution is -0.146. The molecule has 0 aliphatic carbocycles. The number of amides is 2. The maximum Gasteiger partial charge on any atom is 0.410 e. The van der Waals surface area contributed by atoms with E-state index in [2.05, 4.69) is 4.98 Å². The van der Waals surface area contributed by atoms with Crippen molar-refractivity contribution in [3.63, 3.8) is 0 Å². The Morgan fingerprint density at radius 1 is 1.17 bits per heavy atom. The number of nitrogens with two attached hydrogens (primary N) is 1. The van der Waals surface area contributed by atoms with Crippen molar-refractivity contribution < 1.29 is 41.0 Å². The molecule has 1 aromatic carbocycles. The zero-order valence-corrected chi connectivity index (χ0v) is 19.2. The number of carbonyl (C=O) groups is 2. The van der Waals surface area contributed by atoms with Gasteiger partial charge >= 0.3 is 12.3 Å². The van der Waals surface area contributed by atoms with Gasteiger partial charge in [0.25, 0.3) is 5.91 Å². The minimum Gasteiger partial charge on any atom is -0.472 e. The Hall–Kier alpha value is -3.44. The summed E-state index contributed by atoms with van der Waals surface area (Å²) in [6, 6.07) is 4.15. The third-order valence-electron chi connectivity index (χ3n) is 5.00. The Labute approximate surface area is 198 Å². The van der Waals surface area contributed by atoms with Gasteiger partial charge in [0.1, 0.15) is 35.6 Å². The van der Waals surface area contributed by atoms with Gasteiger partial charge in [-0.15, -0.1) is 0 Å². The number of halogens is 5. The van der Waals surface area contributed by atoms with Gasteiger partial charge in [-0.05, 0) is 57.4 Å². The largest absolute Gasteiger partial charge is 0.472 e. The van der Waals surface area contributed by atoms with Crippen LogP contribution < -0.4 is 10.5 Å². The summed E-state index contributed by atoms with van der Waals surface area (Å²) in [6.07, 6.45) is -6.46. The first-order valence-corrected chi connectivity index (χ1v) is 10.6. The number of ether oxygens (including phenoxy) is 2. The molecule has 7 nitrogen and oxygen atoms in total. The molecule has 1 aliphatic heterocycles. The third kappa shape index (κ3) is 6.80. The topological polar surface area (TPSA) is 94.8 Å². The standard InChI is InChI=1S/C23H24F5N3O4/c1-22(2,3)35-21(33)31(11-23(26,27)28)10-13-5-7-15-16(14-6-4-12(24)8-17(14)25)9-18(19(29)32)30-20(15)34-13/h4,6,8-9,13H,5,7,10-11H2,1-3H3,(H2,29,32)/t13-/m1/s1. The number of aromatic nitrogens is 1. The fourth-order valence-electron chi connectivity index (χ4n) is 3.60. The number of benzene rings is 1. The lowest BCUT2D eigenvalue weighted by Gasteiger charge is -2.33. The fourth-order valence-corrected chi connectivity index (χ4v) is 3.60.